The molecule has 0 spiro atoms. The molecule has 0 radical (unpaired) electrons. The summed E-state index contributed by atoms with van der Waals surface area (Å²) in [6.45, 7) is 0.585. The Bertz CT molecular complexity index is 605. The average molecular weight is 300 g/mol. The Morgan fingerprint density at radius 2 is 1.77 bits per heavy atom. The van der Waals surface area contributed by atoms with Crippen molar-refractivity contribution in [3.8, 4) is 11.5 Å². The van der Waals surface area contributed by atoms with Gasteiger partial charge in [0.1, 0.15) is 11.5 Å². The zero-order chi connectivity index (χ0) is 15.8. The maximum atomic E-state index is 10.5. The minimum absolute atomic E-state index is 0.149. The highest BCUT2D eigenvalue weighted by Crippen LogP contribution is 2.16. The molecule has 22 heavy (non-hydrogen) atoms. The summed E-state index contributed by atoms with van der Waals surface area (Å²) in [6, 6.07) is 15.5. The van der Waals surface area contributed by atoms with E-state index in [0.717, 1.165) is 29.0 Å². The lowest BCUT2D eigenvalue weighted by atomic mass is 10.1. The molecule has 0 bridgehead atoms. The number of rotatable bonds is 8. The van der Waals surface area contributed by atoms with Crippen molar-refractivity contribution in [1.82, 2.24) is 0 Å². The van der Waals surface area contributed by atoms with Gasteiger partial charge in [-0.15, -0.1) is 0 Å². The molecule has 1 N–H and O–H groups in total. The number of ether oxygens (including phenoxy) is 2. The first kappa shape index (κ1) is 15.9. The summed E-state index contributed by atoms with van der Waals surface area (Å²) in [5, 5.41) is 8.66. The number of aliphatic carboxylic acids is 1. The van der Waals surface area contributed by atoms with Crippen molar-refractivity contribution < 1.29 is 19.4 Å². The molecular weight excluding hydrogens is 280 g/mol. The van der Waals surface area contributed by atoms with Crippen molar-refractivity contribution >= 4 is 5.97 Å². The summed E-state index contributed by atoms with van der Waals surface area (Å²) in [5.74, 6) is 0.862. The van der Waals surface area contributed by atoms with Gasteiger partial charge in [0, 0.05) is 12.8 Å². The van der Waals surface area contributed by atoms with Gasteiger partial charge in [-0.2, -0.15) is 0 Å². The monoisotopic (exact) mass is 300 g/mol. The third-order valence-electron chi connectivity index (χ3n) is 3.34. The van der Waals surface area contributed by atoms with Gasteiger partial charge in [0.25, 0.3) is 0 Å². The SMILES string of the molecule is COc1cccc(CCOc2ccc(CCC(=O)O)cc2)c1. The number of methoxy groups -OCH3 is 1. The second kappa shape index (κ2) is 8.08. The number of benzene rings is 2. The van der Waals surface area contributed by atoms with E-state index in [-0.39, 0.29) is 6.42 Å². The molecule has 0 heterocycles. The smallest absolute Gasteiger partial charge is 0.303 e. The van der Waals surface area contributed by atoms with Crippen LogP contribution in [0.2, 0.25) is 0 Å². The van der Waals surface area contributed by atoms with Crippen molar-refractivity contribution in [3.05, 3.63) is 59.7 Å². The van der Waals surface area contributed by atoms with Gasteiger partial charge in [-0.25, -0.2) is 0 Å². The van der Waals surface area contributed by atoms with Crippen molar-refractivity contribution in [2.45, 2.75) is 19.3 Å². The minimum Gasteiger partial charge on any atom is -0.497 e. The molecule has 0 saturated carbocycles. The summed E-state index contributed by atoms with van der Waals surface area (Å²) in [7, 11) is 1.65. The van der Waals surface area contributed by atoms with Crippen molar-refractivity contribution in [1.29, 1.82) is 0 Å². The Morgan fingerprint density at radius 1 is 1.00 bits per heavy atom. The molecule has 116 valence electrons. The third kappa shape index (κ3) is 5.13. The lowest BCUT2D eigenvalue weighted by molar-refractivity contribution is -0.136. The molecule has 4 nitrogen and oxygen atoms in total. The summed E-state index contributed by atoms with van der Waals surface area (Å²) in [4.78, 5) is 10.5. The summed E-state index contributed by atoms with van der Waals surface area (Å²) in [6.07, 6.45) is 1.49. The van der Waals surface area contributed by atoms with E-state index in [1.165, 1.54) is 0 Å². The van der Waals surface area contributed by atoms with E-state index in [2.05, 4.69) is 0 Å². The normalized spacial score (nSPS) is 10.2. The summed E-state index contributed by atoms with van der Waals surface area (Å²) in [5.41, 5.74) is 2.17. The molecule has 2 rings (SSSR count). The first-order valence-electron chi connectivity index (χ1n) is 7.24. The van der Waals surface area contributed by atoms with Crippen LogP contribution in [0.25, 0.3) is 0 Å². The van der Waals surface area contributed by atoms with Gasteiger partial charge in [-0.1, -0.05) is 24.3 Å². The molecule has 2 aromatic carbocycles. The highest BCUT2D eigenvalue weighted by molar-refractivity contribution is 5.67. The van der Waals surface area contributed by atoms with Crippen LogP contribution in [0, 0.1) is 0 Å². The molecule has 0 aliphatic rings. The van der Waals surface area contributed by atoms with Gasteiger partial charge in [0.15, 0.2) is 0 Å². The third-order valence-corrected chi connectivity index (χ3v) is 3.34. The van der Waals surface area contributed by atoms with Gasteiger partial charge >= 0.3 is 5.97 Å². The Labute approximate surface area is 130 Å². The topological polar surface area (TPSA) is 55.8 Å². The van der Waals surface area contributed by atoms with Crippen LogP contribution in [0.1, 0.15) is 17.5 Å². The van der Waals surface area contributed by atoms with E-state index in [1.807, 2.05) is 48.5 Å². The predicted molar refractivity (Wildman–Crippen MR) is 84.6 cm³/mol. The molecule has 0 fully saturated rings. The fourth-order valence-electron chi connectivity index (χ4n) is 2.12. The molecule has 0 unspecified atom stereocenters. The summed E-state index contributed by atoms with van der Waals surface area (Å²) >= 11 is 0. The molecule has 0 aromatic heterocycles. The number of hydrogen-bond acceptors (Lipinski definition) is 3. The van der Waals surface area contributed by atoms with Gasteiger partial charge in [-0.3, -0.25) is 4.79 Å². The zero-order valence-electron chi connectivity index (χ0n) is 12.6. The average Bonchev–Trinajstić information content (AvgIpc) is 2.54. The molecule has 0 aliphatic carbocycles. The lowest BCUT2D eigenvalue weighted by Gasteiger charge is -2.08. The highest BCUT2D eigenvalue weighted by Gasteiger charge is 2.01. The number of carbonyl (C=O) groups is 1. The molecule has 0 atom stereocenters. The molecule has 4 heteroatoms. The minimum atomic E-state index is -0.779. The van der Waals surface area contributed by atoms with Crippen LogP contribution in [0.15, 0.2) is 48.5 Å². The maximum absolute atomic E-state index is 10.5. The molecule has 0 saturated heterocycles. The van der Waals surface area contributed by atoms with Crippen LogP contribution < -0.4 is 9.47 Å². The van der Waals surface area contributed by atoms with Gasteiger partial charge in [0.2, 0.25) is 0 Å². The largest absolute Gasteiger partial charge is 0.497 e. The lowest BCUT2D eigenvalue weighted by Crippen LogP contribution is -2.02. The Balaban J connectivity index is 1.80. The highest BCUT2D eigenvalue weighted by atomic mass is 16.5. The van der Waals surface area contributed by atoms with E-state index in [9.17, 15) is 4.79 Å². The van der Waals surface area contributed by atoms with Crippen LogP contribution in [0.5, 0.6) is 11.5 Å². The van der Waals surface area contributed by atoms with Gasteiger partial charge in [-0.05, 0) is 41.8 Å². The quantitative estimate of drug-likeness (QED) is 0.812. The van der Waals surface area contributed by atoms with E-state index < -0.39 is 5.97 Å². The van der Waals surface area contributed by atoms with Crippen LogP contribution >= 0.6 is 0 Å². The molecule has 0 aliphatic heterocycles. The number of hydrogen-bond donors (Lipinski definition) is 1. The maximum Gasteiger partial charge on any atom is 0.303 e. The second-order valence-electron chi connectivity index (χ2n) is 4.99. The van der Waals surface area contributed by atoms with E-state index >= 15 is 0 Å². The first-order chi connectivity index (χ1) is 10.7. The zero-order valence-corrected chi connectivity index (χ0v) is 12.6. The van der Waals surface area contributed by atoms with Gasteiger partial charge < -0.3 is 14.6 Å². The standard InChI is InChI=1S/C18H20O4/c1-21-17-4-2-3-15(13-17)11-12-22-16-8-5-14(6-9-16)7-10-18(19)20/h2-6,8-9,13H,7,10-12H2,1H3,(H,19,20). The fraction of sp³-hybridized carbons (Fsp3) is 0.278. The number of aryl methyl sites for hydroxylation is 1. The number of carboxylic acid groups (broad SMARTS) is 1. The Kier molecular flexibility index (Phi) is 5.83. The van der Waals surface area contributed by atoms with Crippen molar-refractivity contribution in [3.63, 3.8) is 0 Å². The Morgan fingerprint density at radius 3 is 2.45 bits per heavy atom. The van der Waals surface area contributed by atoms with Crippen LogP contribution in [0.3, 0.4) is 0 Å². The summed E-state index contributed by atoms with van der Waals surface area (Å²) < 4.78 is 10.9. The van der Waals surface area contributed by atoms with Crippen LogP contribution in [0.4, 0.5) is 0 Å². The first-order valence-corrected chi connectivity index (χ1v) is 7.24. The Hall–Kier alpha value is -2.49. The van der Waals surface area contributed by atoms with Gasteiger partial charge in [0.05, 0.1) is 13.7 Å². The van der Waals surface area contributed by atoms with E-state index in [4.69, 9.17) is 14.6 Å². The van der Waals surface area contributed by atoms with Crippen molar-refractivity contribution in [2.24, 2.45) is 0 Å². The second-order valence-corrected chi connectivity index (χ2v) is 4.99. The molecular formula is C18H20O4. The molecule has 0 amide bonds. The van der Waals surface area contributed by atoms with Crippen LogP contribution in [-0.4, -0.2) is 24.8 Å². The fourth-order valence-corrected chi connectivity index (χ4v) is 2.12. The van der Waals surface area contributed by atoms with Crippen LogP contribution in [-0.2, 0) is 17.6 Å². The van der Waals surface area contributed by atoms with E-state index in [1.54, 1.807) is 7.11 Å². The van der Waals surface area contributed by atoms with E-state index in [0.29, 0.717) is 13.0 Å². The predicted octanol–water partition coefficient (Wildman–Crippen LogP) is 3.33. The van der Waals surface area contributed by atoms with Crippen molar-refractivity contribution in [2.75, 3.05) is 13.7 Å². The molecule has 2 aromatic rings. The number of carboxylic acids is 1.